The highest BCUT2D eigenvalue weighted by Gasteiger charge is 2.27. The van der Waals surface area contributed by atoms with E-state index in [-0.39, 0.29) is 12.5 Å². The number of likely N-dealkylation sites (N-methyl/N-ethyl adjacent to an activating group) is 1. The van der Waals surface area contributed by atoms with Gasteiger partial charge >= 0.3 is 0 Å². The predicted molar refractivity (Wildman–Crippen MR) is 90.5 cm³/mol. The molecule has 0 radical (unpaired) electrons. The maximum absolute atomic E-state index is 12.3. The molecule has 0 aliphatic carbocycles. The van der Waals surface area contributed by atoms with Crippen molar-refractivity contribution in [1.82, 2.24) is 13.5 Å². The lowest BCUT2D eigenvalue weighted by atomic mass is 10.2. The molecule has 1 aliphatic heterocycles. The molecule has 0 N–H and O–H groups in total. The van der Waals surface area contributed by atoms with Gasteiger partial charge in [-0.3, -0.25) is 4.79 Å². The second-order valence-corrected chi connectivity index (χ2v) is 8.00. The summed E-state index contributed by atoms with van der Waals surface area (Å²) < 4.78 is 26.1. The molecule has 1 amide bonds. The third kappa shape index (κ3) is 4.21. The molecule has 0 unspecified atom stereocenters. The van der Waals surface area contributed by atoms with Gasteiger partial charge in [-0.2, -0.15) is 17.0 Å². The molecule has 0 saturated carbocycles. The number of hydrogen-bond donors (Lipinski definition) is 0. The number of nitrogens with zero attached hydrogens (tertiary/aromatic N) is 4. The highest BCUT2D eigenvalue weighted by Crippen LogP contribution is 2.15. The molecule has 7 nitrogen and oxygen atoms in total. The van der Waals surface area contributed by atoms with E-state index in [4.69, 9.17) is 0 Å². The maximum atomic E-state index is 12.3. The van der Waals surface area contributed by atoms with Crippen LogP contribution >= 0.6 is 0 Å². The molecule has 0 bridgehead atoms. The summed E-state index contributed by atoms with van der Waals surface area (Å²) in [6, 6.07) is 10.1. The third-order valence-electron chi connectivity index (χ3n) is 3.97. The second-order valence-electron chi connectivity index (χ2n) is 5.75. The molecular formula is C15H24N4O3S. The average molecular weight is 340 g/mol. The van der Waals surface area contributed by atoms with Crippen LogP contribution < -0.4 is 4.90 Å². The number of amides is 1. The zero-order valence-electron chi connectivity index (χ0n) is 13.8. The quantitative estimate of drug-likeness (QED) is 0.761. The Balaban J connectivity index is 1.89. The molecule has 0 aromatic heterocycles. The molecule has 1 aliphatic rings. The van der Waals surface area contributed by atoms with Crippen LogP contribution in [0.15, 0.2) is 30.3 Å². The van der Waals surface area contributed by atoms with Gasteiger partial charge in [0.15, 0.2) is 0 Å². The largest absolute Gasteiger partial charge is 0.368 e. The van der Waals surface area contributed by atoms with E-state index in [1.807, 2.05) is 18.2 Å². The van der Waals surface area contributed by atoms with Gasteiger partial charge in [0.25, 0.3) is 10.2 Å². The minimum absolute atomic E-state index is 0.133. The summed E-state index contributed by atoms with van der Waals surface area (Å²) in [6.07, 6.45) is 0. The van der Waals surface area contributed by atoms with Crippen molar-refractivity contribution in [3.63, 3.8) is 0 Å². The number of carbonyl (C=O) groups excluding carboxylic acids is 1. The van der Waals surface area contributed by atoms with Crippen molar-refractivity contribution < 1.29 is 13.2 Å². The topological polar surface area (TPSA) is 64.2 Å². The molecule has 0 spiro atoms. The lowest BCUT2D eigenvalue weighted by Gasteiger charge is -2.36. The van der Waals surface area contributed by atoms with Crippen molar-refractivity contribution in [3.8, 4) is 0 Å². The standard InChI is InChI=1S/C15H24N4O3S/c1-16(2)23(21,22)17(3)13-15(20)19-11-9-18(10-12-19)14-7-5-4-6-8-14/h4-8H,9-13H2,1-3H3. The molecule has 1 heterocycles. The number of carbonyl (C=O) groups is 1. The molecule has 1 aromatic carbocycles. The first-order valence-electron chi connectivity index (χ1n) is 7.54. The van der Waals surface area contributed by atoms with E-state index in [9.17, 15) is 13.2 Å². The van der Waals surface area contributed by atoms with E-state index >= 15 is 0 Å². The Hall–Kier alpha value is -1.64. The van der Waals surface area contributed by atoms with E-state index in [1.54, 1.807) is 4.90 Å². The molecule has 128 valence electrons. The van der Waals surface area contributed by atoms with Gasteiger partial charge in [-0.25, -0.2) is 0 Å². The number of benzene rings is 1. The monoisotopic (exact) mass is 340 g/mol. The number of para-hydroxylation sites is 1. The SMILES string of the molecule is CN(C)S(=O)(=O)N(C)CC(=O)N1CCN(c2ccccc2)CC1. The summed E-state index contributed by atoms with van der Waals surface area (Å²) >= 11 is 0. The van der Waals surface area contributed by atoms with Gasteiger partial charge in [0.1, 0.15) is 0 Å². The van der Waals surface area contributed by atoms with Crippen LogP contribution in [-0.2, 0) is 15.0 Å². The number of anilines is 1. The number of rotatable bonds is 5. The van der Waals surface area contributed by atoms with Crippen molar-refractivity contribution in [3.05, 3.63) is 30.3 Å². The summed E-state index contributed by atoms with van der Waals surface area (Å²) in [6.45, 7) is 2.57. The minimum atomic E-state index is -3.56. The van der Waals surface area contributed by atoms with Gasteiger partial charge in [0, 0.05) is 53.0 Å². The molecule has 8 heteroatoms. The summed E-state index contributed by atoms with van der Waals surface area (Å²) in [5.41, 5.74) is 1.15. The Morgan fingerprint density at radius 1 is 1.04 bits per heavy atom. The van der Waals surface area contributed by atoms with E-state index in [2.05, 4.69) is 17.0 Å². The van der Waals surface area contributed by atoms with E-state index in [0.29, 0.717) is 13.1 Å². The second kappa shape index (κ2) is 7.29. The van der Waals surface area contributed by atoms with Gasteiger partial charge < -0.3 is 9.80 Å². The van der Waals surface area contributed by atoms with Crippen LogP contribution in [0.2, 0.25) is 0 Å². The van der Waals surface area contributed by atoms with Gasteiger partial charge in [0.05, 0.1) is 6.54 Å². The molecule has 1 saturated heterocycles. The van der Waals surface area contributed by atoms with Crippen molar-refractivity contribution in [2.45, 2.75) is 0 Å². The normalized spacial score (nSPS) is 16.2. The first kappa shape index (κ1) is 17.7. The van der Waals surface area contributed by atoms with Crippen LogP contribution in [0.1, 0.15) is 0 Å². The summed E-state index contributed by atoms with van der Waals surface area (Å²) in [5.74, 6) is -0.161. The van der Waals surface area contributed by atoms with E-state index < -0.39 is 10.2 Å². The van der Waals surface area contributed by atoms with Crippen molar-refractivity contribution in [1.29, 1.82) is 0 Å². The fraction of sp³-hybridized carbons (Fsp3) is 0.533. The lowest BCUT2D eigenvalue weighted by molar-refractivity contribution is -0.131. The first-order valence-corrected chi connectivity index (χ1v) is 8.93. The van der Waals surface area contributed by atoms with Crippen LogP contribution in [0, 0.1) is 0 Å². The van der Waals surface area contributed by atoms with E-state index in [1.165, 1.54) is 21.1 Å². The molecular weight excluding hydrogens is 316 g/mol. The summed E-state index contributed by atoms with van der Waals surface area (Å²) in [5, 5.41) is 0. The van der Waals surface area contributed by atoms with Crippen molar-refractivity contribution in [2.24, 2.45) is 0 Å². The van der Waals surface area contributed by atoms with Crippen LogP contribution in [0.4, 0.5) is 5.69 Å². The van der Waals surface area contributed by atoms with Crippen LogP contribution in [-0.4, -0.2) is 81.7 Å². The fourth-order valence-electron chi connectivity index (χ4n) is 2.50. The Labute approximate surface area is 138 Å². The molecule has 1 aromatic rings. The zero-order valence-corrected chi connectivity index (χ0v) is 14.7. The van der Waals surface area contributed by atoms with E-state index in [0.717, 1.165) is 27.4 Å². The first-order chi connectivity index (χ1) is 10.8. The van der Waals surface area contributed by atoms with Crippen molar-refractivity contribution in [2.75, 3.05) is 58.8 Å². The van der Waals surface area contributed by atoms with Gasteiger partial charge in [0.2, 0.25) is 5.91 Å². The van der Waals surface area contributed by atoms with Gasteiger partial charge in [-0.05, 0) is 12.1 Å². The lowest BCUT2D eigenvalue weighted by Crippen LogP contribution is -2.52. The Morgan fingerprint density at radius 2 is 1.61 bits per heavy atom. The molecule has 23 heavy (non-hydrogen) atoms. The zero-order chi connectivity index (χ0) is 17.0. The third-order valence-corrected chi connectivity index (χ3v) is 5.81. The molecule has 2 rings (SSSR count). The minimum Gasteiger partial charge on any atom is -0.368 e. The molecule has 1 fully saturated rings. The molecule has 0 atom stereocenters. The number of piperazine rings is 1. The van der Waals surface area contributed by atoms with Crippen LogP contribution in [0.25, 0.3) is 0 Å². The van der Waals surface area contributed by atoms with Gasteiger partial charge in [-0.15, -0.1) is 0 Å². The average Bonchev–Trinajstić information content (AvgIpc) is 2.55. The highest BCUT2D eigenvalue weighted by atomic mass is 32.2. The Kier molecular flexibility index (Phi) is 5.61. The maximum Gasteiger partial charge on any atom is 0.281 e. The van der Waals surface area contributed by atoms with Crippen LogP contribution in [0.3, 0.4) is 0 Å². The summed E-state index contributed by atoms with van der Waals surface area (Å²) in [4.78, 5) is 16.3. The van der Waals surface area contributed by atoms with Crippen molar-refractivity contribution >= 4 is 21.8 Å². The predicted octanol–water partition coefficient (Wildman–Crippen LogP) is 0.0734. The fourth-order valence-corrected chi connectivity index (χ4v) is 3.33. The Morgan fingerprint density at radius 3 is 2.13 bits per heavy atom. The van der Waals surface area contributed by atoms with Crippen LogP contribution in [0.5, 0.6) is 0 Å². The Bertz CT molecular complexity index is 625. The smallest absolute Gasteiger partial charge is 0.281 e. The van der Waals surface area contributed by atoms with Gasteiger partial charge in [-0.1, -0.05) is 18.2 Å². The highest BCUT2D eigenvalue weighted by molar-refractivity contribution is 7.86. The summed E-state index contributed by atoms with van der Waals surface area (Å²) in [7, 11) is 0.775. The number of hydrogen-bond acceptors (Lipinski definition) is 4.